The molecule has 1 atom stereocenters. The first-order valence-electron chi connectivity index (χ1n) is 6.35. The fourth-order valence-corrected chi connectivity index (χ4v) is 2.35. The third kappa shape index (κ3) is 5.56. The van der Waals surface area contributed by atoms with E-state index in [0.29, 0.717) is 0 Å². The highest BCUT2D eigenvalue weighted by atomic mass is 32.2. The van der Waals surface area contributed by atoms with E-state index in [1.54, 1.807) is 11.8 Å². The molecule has 0 fully saturated rings. The molecule has 1 unspecified atom stereocenters. The van der Waals surface area contributed by atoms with Crippen molar-refractivity contribution in [1.29, 1.82) is 0 Å². The highest BCUT2D eigenvalue weighted by Crippen LogP contribution is 2.21. The Morgan fingerprint density at radius 3 is 2.61 bits per heavy atom. The Hall–Kier alpha value is -1.00. The Morgan fingerprint density at radius 1 is 1.39 bits per heavy atom. The average Bonchev–Trinajstić information content (AvgIpc) is 2.37. The van der Waals surface area contributed by atoms with Gasteiger partial charge in [0.05, 0.1) is 0 Å². The monoisotopic (exact) mass is 266 g/mol. The molecule has 1 rings (SSSR count). The van der Waals surface area contributed by atoms with E-state index < -0.39 is 0 Å². The summed E-state index contributed by atoms with van der Waals surface area (Å²) in [6.07, 6.45) is 1.15. The van der Waals surface area contributed by atoms with Gasteiger partial charge in [-0.1, -0.05) is 26.0 Å². The quantitative estimate of drug-likeness (QED) is 0.561. The van der Waals surface area contributed by atoms with Crippen LogP contribution in [0.15, 0.2) is 29.2 Å². The lowest BCUT2D eigenvalue weighted by Gasteiger charge is -2.08. The minimum Gasteiger partial charge on any atom is -0.369 e. The van der Waals surface area contributed by atoms with Gasteiger partial charge in [0.25, 0.3) is 0 Å². The smallest absolute Gasteiger partial charge is 0.221 e. The lowest BCUT2D eigenvalue weighted by molar-refractivity contribution is -0.120. The first-order valence-corrected chi connectivity index (χ1v) is 7.33. The zero-order chi connectivity index (χ0) is 13.4. The molecular weight excluding hydrogens is 244 g/mol. The van der Waals surface area contributed by atoms with E-state index in [2.05, 4.69) is 36.5 Å². The number of nitrogens with one attached hydrogen (secondary N) is 1. The number of benzene rings is 1. The number of thioether (sulfide) groups is 1. The molecule has 0 heterocycles. The molecule has 0 saturated carbocycles. The summed E-state index contributed by atoms with van der Waals surface area (Å²) < 4.78 is 0. The Bertz CT molecular complexity index is 365. The van der Waals surface area contributed by atoms with Crippen LogP contribution in [0.2, 0.25) is 0 Å². The Balaban J connectivity index is 2.38. The summed E-state index contributed by atoms with van der Waals surface area (Å²) in [5.41, 5.74) is 6.52. The molecule has 3 nitrogen and oxygen atoms in total. The molecule has 1 amide bonds. The number of primary amides is 1. The maximum Gasteiger partial charge on any atom is 0.221 e. The van der Waals surface area contributed by atoms with Gasteiger partial charge in [0.2, 0.25) is 5.91 Å². The molecule has 100 valence electrons. The molecule has 0 aliphatic rings. The number of hydrogen-bond acceptors (Lipinski definition) is 3. The van der Waals surface area contributed by atoms with E-state index in [0.717, 1.165) is 25.3 Å². The molecule has 3 N–H and O–H groups in total. The van der Waals surface area contributed by atoms with Gasteiger partial charge in [-0.2, -0.15) is 0 Å². The van der Waals surface area contributed by atoms with E-state index in [4.69, 9.17) is 5.73 Å². The molecule has 0 aromatic heterocycles. The second-order valence-corrected chi connectivity index (χ2v) is 5.53. The molecule has 0 aliphatic carbocycles. The Kier molecular flexibility index (Phi) is 6.83. The summed E-state index contributed by atoms with van der Waals surface area (Å²) in [5.74, 6) is 0.423. The van der Waals surface area contributed by atoms with Crippen molar-refractivity contribution in [1.82, 2.24) is 5.32 Å². The van der Waals surface area contributed by atoms with Gasteiger partial charge in [-0.05, 0) is 30.7 Å². The van der Waals surface area contributed by atoms with Crippen LogP contribution in [-0.4, -0.2) is 18.2 Å². The van der Waals surface area contributed by atoms with Gasteiger partial charge < -0.3 is 11.1 Å². The second-order valence-electron chi connectivity index (χ2n) is 4.44. The summed E-state index contributed by atoms with van der Waals surface area (Å²) in [4.78, 5) is 12.1. The fourth-order valence-electron chi connectivity index (χ4n) is 1.42. The van der Waals surface area contributed by atoms with Crippen LogP contribution >= 0.6 is 11.8 Å². The van der Waals surface area contributed by atoms with Gasteiger partial charge in [-0.3, -0.25) is 4.79 Å². The highest BCUT2D eigenvalue weighted by molar-refractivity contribution is 7.99. The molecule has 1 aromatic rings. The molecule has 4 heteroatoms. The SMILES string of the molecule is CCCNCc1ccc(SCC(C)C(N)=O)cc1. The van der Waals surface area contributed by atoms with Crippen molar-refractivity contribution in [2.45, 2.75) is 31.7 Å². The second kappa shape index (κ2) is 8.16. The third-order valence-corrected chi connectivity index (χ3v) is 3.94. The van der Waals surface area contributed by atoms with Crippen molar-refractivity contribution in [3.63, 3.8) is 0 Å². The van der Waals surface area contributed by atoms with Crippen LogP contribution in [-0.2, 0) is 11.3 Å². The topological polar surface area (TPSA) is 55.1 Å². The Labute approximate surface area is 114 Å². The number of hydrogen-bond donors (Lipinski definition) is 2. The van der Waals surface area contributed by atoms with E-state index in [1.165, 1.54) is 10.5 Å². The van der Waals surface area contributed by atoms with Crippen LogP contribution in [0.3, 0.4) is 0 Å². The number of carbonyl (C=O) groups excluding carboxylic acids is 1. The molecule has 18 heavy (non-hydrogen) atoms. The van der Waals surface area contributed by atoms with Crippen LogP contribution < -0.4 is 11.1 Å². The molecule has 0 saturated heterocycles. The third-order valence-electron chi connectivity index (χ3n) is 2.66. The van der Waals surface area contributed by atoms with E-state index >= 15 is 0 Å². The first-order chi connectivity index (χ1) is 8.63. The molecular formula is C14H22N2OS. The van der Waals surface area contributed by atoms with Gasteiger partial charge >= 0.3 is 0 Å². The van der Waals surface area contributed by atoms with Crippen molar-refractivity contribution in [2.24, 2.45) is 11.7 Å². The zero-order valence-corrected chi connectivity index (χ0v) is 11.9. The van der Waals surface area contributed by atoms with Crippen molar-refractivity contribution < 1.29 is 4.79 Å². The van der Waals surface area contributed by atoms with E-state index in [-0.39, 0.29) is 11.8 Å². The van der Waals surface area contributed by atoms with Crippen molar-refractivity contribution >= 4 is 17.7 Å². The number of amides is 1. The zero-order valence-electron chi connectivity index (χ0n) is 11.1. The highest BCUT2D eigenvalue weighted by Gasteiger charge is 2.08. The van der Waals surface area contributed by atoms with Crippen LogP contribution in [0, 0.1) is 5.92 Å². The maximum absolute atomic E-state index is 10.9. The largest absolute Gasteiger partial charge is 0.369 e. The van der Waals surface area contributed by atoms with Crippen molar-refractivity contribution in [3.05, 3.63) is 29.8 Å². The molecule has 0 aliphatic heterocycles. The summed E-state index contributed by atoms with van der Waals surface area (Å²) in [7, 11) is 0. The van der Waals surface area contributed by atoms with E-state index in [1.807, 2.05) is 6.92 Å². The fraction of sp³-hybridized carbons (Fsp3) is 0.500. The molecule has 0 spiro atoms. The minimum atomic E-state index is -0.233. The minimum absolute atomic E-state index is 0.0825. The van der Waals surface area contributed by atoms with Gasteiger partial charge in [0.1, 0.15) is 0 Å². The summed E-state index contributed by atoms with van der Waals surface area (Å²) >= 11 is 1.67. The van der Waals surface area contributed by atoms with Gasteiger partial charge in [0, 0.05) is 23.1 Å². The summed E-state index contributed by atoms with van der Waals surface area (Å²) in [6.45, 7) is 5.98. The van der Waals surface area contributed by atoms with Crippen LogP contribution in [0.5, 0.6) is 0 Å². The lowest BCUT2D eigenvalue weighted by Crippen LogP contribution is -2.22. The van der Waals surface area contributed by atoms with Gasteiger partial charge in [-0.25, -0.2) is 0 Å². The van der Waals surface area contributed by atoms with Gasteiger partial charge in [0.15, 0.2) is 0 Å². The van der Waals surface area contributed by atoms with Crippen LogP contribution in [0.25, 0.3) is 0 Å². The average molecular weight is 266 g/mol. The summed E-state index contributed by atoms with van der Waals surface area (Å²) in [5, 5.41) is 3.37. The molecule has 1 aromatic carbocycles. The predicted molar refractivity (Wildman–Crippen MR) is 77.5 cm³/mol. The van der Waals surface area contributed by atoms with Gasteiger partial charge in [-0.15, -0.1) is 11.8 Å². The maximum atomic E-state index is 10.9. The van der Waals surface area contributed by atoms with Crippen LogP contribution in [0.4, 0.5) is 0 Å². The Morgan fingerprint density at radius 2 is 2.06 bits per heavy atom. The number of carbonyl (C=O) groups is 1. The normalized spacial score (nSPS) is 12.3. The molecule has 0 bridgehead atoms. The lowest BCUT2D eigenvalue weighted by atomic mass is 10.2. The van der Waals surface area contributed by atoms with E-state index in [9.17, 15) is 4.79 Å². The molecule has 0 radical (unpaired) electrons. The van der Waals surface area contributed by atoms with Crippen LogP contribution in [0.1, 0.15) is 25.8 Å². The first kappa shape index (κ1) is 15.1. The number of rotatable bonds is 8. The van der Waals surface area contributed by atoms with Crippen molar-refractivity contribution in [2.75, 3.05) is 12.3 Å². The predicted octanol–water partition coefficient (Wildman–Crippen LogP) is 2.40. The van der Waals surface area contributed by atoms with Crippen molar-refractivity contribution in [3.8, 4) is 0 Å². The standard InChI is InChI=1S/C14H22N2OS/c1-3-8-16-9-12-4-6-13(7-5-12)18-10-11(2)14(15)17/h4-7,11,16H,3,8-10H2,1-2H3,(H2,15,17). The summed E-state index contributed by atoms with van der Waals surface area (Å²) in [6, 6.07) is 8.45. The number of nitrogens with two attached hydrogens (primary N) is 1.